The topological polar surface area (TPSA) is 41.1 Å². The van der Waals surface area contributed by atoms with E-state index in [-0.39, 0.29) is 17.5 Å². The molecule has 2 rings (SSSR count). The molecule has 1 saturated heterocycles. The lowest BCUT2D eigenvalue weighted by molar-refractivity contribution is -0.123. The van der Waals surface area contributed by atoms with Crippen molar-refractivity contribution in [3.63, 3.8) is 0 Å². The van der Waals surface area contributed by atoms with Crippen molar-refractivity contribution in [2.75, 3.05) is 6.54 Å². The molecular weight excluding hydrogens is 188 g/mol. The van der Waals surface area contributed by atoms with Crippen LogP contribution in [0, 0.1) is 5.92 Å². The first-order valence-electron chi connectivity index (χ1n) is 6.15. The van der Waals surface area contributed by atoms with Gasteiger partial charge in [0, 0.05) is 12.1 Å². The van der Waals surface area contributed by atoms with Gasteiger partial charge in [0.05, 0.1) is 6.04 Å². The molecule has 1 saturated carbocycles. The van der Waals surface area contributed by atoms with Crippen molar-refractivity contribution in [1.29, 1.82) is 0 Å². The second kappa shape index (κ2) is 4.12. The van der Waals surface area contributed by atoms with Gasteiger partial charge in [0.1, 0.15) is 0 Å². The summed E-state index contributed by atoms with van der Waals surface area (Å²) < 4.78 is 0. The minimum absolute atomic E-state index is 0.0306. The number of hydrogen-bond donors (Lipinski definition) is 2. The maximum atomic E-state index is 11.8. The van der Waals surface area contributed by atoms with Gasteiger partial charge in [0.25, 0.3) is 0 Å². The van der Waals surface area contributed by atoms with Crippen molar-refractivity contribution in [1.82, 2.24) is 10.6 Å². The molecular formula is C12H22N2O. The zero-order valence-corrected chi connectivity index (χ0v) is 9.81. The summed E-state index contributed by atoms with van der Waals surface area (Å²) in [5.74, 6) is 0.967. The smallest absolute Gasteiger partial charge is 0.237 e. The Morgan fingerprint density at radius 1 is 1.27 bits per heavy atom. The molecule has 2 fully saturated rings. The van der Waals surface area contributed by atoms with Gasteiger partial charge in [-0.3, -0.25) is 4.79 Å². The number of amides is 1. The SMILES string of the molecule is CC(C)(NC1CCCCNC1=O)C1CC1. The fourth-order valence-corrected chi connectivity index (χ4v) is 2.45. The van der Waals surface area contributed by atoms with E-state index in [1.807, 2.05) is 0 Å². The maximum absolute atomic E-state index is 11.8. The van der Waals surface area contributed by atoms with Gasteiger partial charge in [-0.05, 0) is 51.9 Å². The number of carbonyl (C=O) groups is 1. The molecule has 0 radical (unpaired) electrons. The molecule has 86 valence electrons. The van der Waals surface area contributed by atoms with Gasteiger partial charge in [-0.15, -0.1) is 0 Å². The van der Waals surface area contributed by atoms with E-state index in [4.69, 9.17) is 0 Å². The number of carbonyl (C=O) groups excluding carboxylic acids is 1. The highest BCUT2D eigenvalue weighted by Gasteiger charge is 2.39. The molecule has 3 nitrogen and oxygen atoms in total. The second-order valence-corrected chi connectivity index (χ2v) is 5.48. The predicted octanol–water partition coefficient (Wildman–Crippen LogP) is 1.43. The van der Waals surface area contributed by atoms with E-state index >= 15 is 0 Å². The summed E-state index contributed by atoms with van der Waals surface area (Å²) in [5.41, 5.74) is 0.131. The summed E-state index contributed by atoms with van der Waals surface area (Å²) in [5, 5.41) is 6.51. The van der Waals surface area contributed by atoms with Gasteiger partial charge in [-0.25, -0.2) is 0 Å². The Balaban J connectivity index is 1.93. The molecule has 1 unspecified atom stereocenters. The monoisotopic (exact) mass is 210 g/mol. The standard InChI is InChI=1S/C12H22N2O/c1-12(2,9-6-7-9)14-10-5-3-4-8-13-11(10)15/h9-10,14H,3-8H2,1-2H3,(H,13,15). The van der Waals surface area contributed by atoms with E-state index in [9.17, 15) is 4.79 Å². The van der Waals surface area contributed by atoms with E-state index in [0.29, 0.717) is 0 Å². The van der Waals surface area contributed by atoms with Crippen molar-refractivity contribution in [3.05, 3.63) is 0 Å². The van der Waals surface area contributed by atoms with E-state index in [1.54, 1.807) is 0 Å². The fraction of sp³-hybridized carbons (Fsp3) is 0.917. The van der Waals surface area contributed by atoms with Crippen LogP contribution in [0.2, 0.25) is 0 Å². The molecule has 3 heteroatoms. The molecule has 1 atom stereocenters. The molecule has 1 amide bonds. The third kappa shape index (κ3) is 2.71. The predicted molar refractivity (Wildman–Crippen MR) is 60.6 cm³/mol. The van der Waals surface area contributed by atoms with Crippen molar-refractivity contribution in [3.8, 4) is 0 Å². The minimum Gasteiger partial charge on any atom is -0.355 e. The maximum Gasteiger partial charge on any atom is 0.237 e. The van der Waals surface area contributed by atoms with Crippen LogP contribution in [-0.2, 0) is 4.79 Å². The highest BCUT2D eigenvalue weighted by Crippen LogP contribution is 2.39. The Hall–Kier alpha value is -0.570. The highest BCUT2D eigenvalue weighted by molar-refractivity contribution is 5.82. The molecule has 2 aliphatic rings. The lowest BCUT2D eigenvalue weighted by Gasteiger charge is -2.30. The lowest BCUT2D eigenvalue weighted by atomic mass is 9.96. The van der Waals surface area contributed by atoms with Crippen LogP contribution in [0.4, 0.5) is 0 Å². The summed E-state index contributed by atoms with van der Waals surface area (Å²) in [6, 6.07) is 0.0306. The van der Waals surface area contributed by atoms with Crippen LogP contribution < -0.4 is 10.6 Å². The number of rotatable bonds is 3. The van der Waals surface area contributed by atoms with Gasteiger partial charge in [0.15, 0.2) is 0 Å². The Labute approximate surface area is 92.0 Å². The lowest BCUT2D eigenvalue weighted by Crippen LogP contribution is -2.53. The fourth-order valence-electron chi connectivity index (χ4n) is 2.45. The summed E-state index contributed by atoms with van der Waals surface area (Å²) >= 11 is 0. The van der Waals surface area contributed by atoms with Gasteiger partial charge in [-0.2, -0.15) is 0 Å². The average molecular weight is 210 g/mol. The van der Waals surface area contributed by atoms with Crippen LogP contribution in [0.3, 0.4) is 0 Å². The summed E-state index contributed by atoms with van der Waals surface area (Å²) in [4.78, 5) is 11.8. The first-order chi connectivity index (χ1) is 7.09. The molecule has 2 N–H and O–H groups in total. The third-order valence-corrected chi connectivity index (χ3v) is 3.68. The molecule has 1 aliphatic heterocycles. The average Bonchev–Trinajstić information content (AvgIpc) is 2.95. The minimum atomic E-state index is 0.0306. The molecule has 0 aromatic rings. The normalized spacial score (nSPS) is 28.4. The first-order valence-corrected chi connectivity index (χ1v) is 6.15. The van der Waals surface area contributed by atoms with Crippen LogP contribution in [-0.4, -0.2) is 24.0 Å². The molecule has 15 heavy (non-hydrogen) atoms. The summed E-state index contributed by atoms with van der Waals surface area (Å²) in [6.45, 7) is 5.30. The van der Waals surface area contributed by atoms with Gasteiger partial charge in [0.2, 0.25) is 5.91 Å². The van der Waals surface area contributed by atoms with Gasteiger partial charge in [-0.1, -0.05) is 0 Å². The molecule has 1 heterocycles. The van der Waals surface area contributed by atoms with E-state index in [2.05, 4.69) is 24.5 Å². The van der Waals surface area contributed by atoms with Gasteiger partial charge >= 0.3 is 0 Å². The van der Waals surface area contributed by atoms with E-state index in [0.717, 1.165) is 31.7 Å². The first kappa shape index (κ1) is 10.9. The number of nitrogens with one attached hydrogen (secondary N) is 2. The zero-order chi connectivity index (χ0) is 10.9. The second-order valence-electron chi connectivity index (χ2n) is 5.48. The van der Waals surface area contributed by atoms with Crippen molar-refractivity contribution >= 4 is 5.91 Å². The molecule has 0 bridgehead atoms. The van der Waals surface area contributed by atoms with Crippen molar-refractivity contribution in [2.24, 2.45) is 5.92 Å². The van der Waals surface area contributed by atoms with Crippen LogP contribution in [0.25, 0.3) is 0 Å². The molecule has 0 aromatic carbocycles. The Kier molecular flexibility index (Phi) is 3.01. The van der Waals surface area contributed by atoms with Crippen LogP contribution in [0.1, 0.15) is 46.0 Å². The highest BCUT2D eigenvalue weighted by atomic mass is 16.2. The van der Waals surface area contributed by atoms with Gasteiger partial charge < -0.3 is 10.6 Å². The summed E-state index contributed by atoms with van der Waals surface area (Å²) in [7, 11) is 0. The van der Waals surface area contributed by atoms with Crippen LogP contribution in [0.5, 0.6) is 0 Å². The van der Waals surface area contributed by atoms with Crippen molar-refractivity contribution in [2.45, 2.75) is 57.5 Å². The number of hydrogen-bond acceptors (Lipinski definition) is 2. The zero-order valence-electron chi connectivity index (χ0n) is 9.81. The largest absolute Gasteiger partial charge is 0.355 e. The van der Waals surface area contributed by atoms with E-state index < -0.39 is 0 Å². The quantitative estimate of drug-likeness (QED) is 0.740. The van der Waals surface area contributed by atoms with E-state index in [1.165, 1.54) is 12.8 Å². The van der Waals surface area contributed by atoms with Crippen LogP contribution >= 0.6 is 0 Å². The Morgan fingerprint density at radius 2 is 2.00 bits per heavy atom. The Bertz CT molecular complexity index is 246. The molecule has 0 spiro atoms. The summed E-state index contributed by atoms with van der Waals surface area (Å²) in [6.07, 6.45) is 5.88. The molecule has 1 aliphatic carbocycles. The van der Waals surface area contributed by atoms with Crippen molar-refractivity contribution < 1.29 is 4.79 Å². The third-order valence-electron chi connectivity index (χ3n) is 3.68. The Morgan fingerprint density at radius 3 is 2.67 bits per heavy atom. The van der Waals surface area contributed by atoms with Crippen LogP contribution in [0.15, 0.2) is 0 Å². The molecule has 0 aromatic heterocycles.